The van der Waals surface area contributed by atoms with Crippen LogP contribution in [0.15, 0.2) is 59.9 Å². The number of benzene rings is 2. The molecule has 3 aromatic rings. The Bertz CT molecular complexity index is 741. The Kier molecular flexibility index (Phi) is 4.03. The Labute approximate surface area is 127 Å². The standard InChI is InChI=1S/C16H15N3OS/c17-12-7-5-11(6-8-12)15(20)9-21-16-13-3-1-2-4-14(13)18-10-19-16/h1-8,10,15,20H,9,17H2. The predicted octanol–water partition coefficient (Wildman–Crippen LogP) is 3.04. The van der Waals surface area contributed by atoms with E-state index >= 15 is 0 Å². The van der Waals surface area contributed by atoms with E-state index in [4.69, 9.17) is 5.73 Å². The van der Waals surface area contributed by atoms with E-state index in [-0.39, 0.29) is 0 Å². The van der Waals surface area contributed by atoms with E-state index in [1.807, 2.05) is 36.4 Å². The molecule has 0 saturated carbocycles. The van der Waals surface area contributed by atoms with E-state index in [1.165, 1.54) is 11.8 Å². The molecule has 0 radical (unpaired) electrons. The van der Waals surface area contributed by atoms with Crippen LogP contribution in [-0.2, 0) is 0 Å². The molecule has 21 heavy (non-hydrogen) atoms. The number of para-hydroxylation sites is 1. The van der Waals surface area contributed by atoms with Gasteiger partial charge in [0.15, 0.2) is 0 Å². The van der Waals surface area contributed by atoms with Crippen LogP contribution in [0.1, 0.15) is 11.7 Å². The second kappa shape index (κ2) is 6.11. The number of hydrogen-bond donors (Lipinski definition) is 2. The summed E-state index contributed by atoms with van der Waals surface area (Å²) in [6.45, 7) is 0. The Morgan fingerprint density at radius 3 is 2.62 bits per heavy atom. The topological polar surface area (TPSA) is 72.0 Å². The van der Waals surface area contributed by atoms with Crippen molar-refractivity contribution < 1.29 is 5.11 Å². The molecule has 4 nitrogen and oxygen atoms in total. The fraction of sp³-hybridized carbons (Fsp3) is 0.125. The molecule has 106 valence electrons. The number of aliphatic hydroxyl groups excluding tert-OH is 1. The molecule has 0 aliphatic heterocycles. The Morgan fingerprint density at radius 2 is 1.81 bits per heavy atom. The van der Waals surface area contributed by atoms with Gasteiger partial charge in [-0.3, -0.25) is 0 Å². The first-order valence-electron chi connectivity index (χ1n) is 6.60. The van der Waals surface area contributed by atoms with Gasteiger partial charge in [-0.2, -0.15) is 0 Å². The molecular formula is C16H15N3OS. The lowest BCUT2D eigenvalue weighted by Crippen LogP contribution is -2.01. The van der Waals surface area contributed by atoms with Crippen LogP contribution in [-0.4, -0.2) is 20.8 Å². The van der Waals surface area contributed by atoms with Crippen LogP contribution in [0.5, 0.6) is 0 Å². The molecule has 3 N–H and O–H groups in total. The van der Waals surface area contributed by atoms with Gasteiger partial charge in [0.25, 0.3) is 0 Å². The van der Waals surface area contributed by atoms with Crippen molar-refractivity contribution in [1.29, 1.82) is 0 Å². The first-order chi connectivity index (χ1) is 10.2. The highest BCUT2D eigenvalue weighted by Gasteiger charge is 2.10. The van der Waals surface area contributed by atoms with Crippen molar-refractivity contribution in [1.82, 2.24) is 9.97 Å². The summed E-state index contributed by atoms with van der Waals surface area (Å²) in [5.74, 6) is 0.533. The van der Waals surface area contributed by atoms with Crippen molar-refractivity contribution in [2.75, 3.05) is 11.5 Å². The lowest BCUT2D eigenvalue weighted by molar-refractivity contribution is 0.204. The van der Waals surface area contributed by atoms with Crippen molar-refractivity contribution in [3.63, 3.8) is 0 Å². The summed E-state index contributed by atoms with van der Waals surface area (Å²) in [5, 5.41) is 12.1. The molecule has 1 aromatic heterocycles. The molecule has 0 bridgehead atoms. The number of thioether (sulfide) groups is 1. The van der Waals surface area contributed by atoms with Gasteiger partial charge in [0.2, 0.25) is 0 Å². The van der Waals surface area contributed by atoms with E-state index < -0.39 is 6.10 Å². The van der Waals surface area contributed by atoms with Crippen molar-refractivity contribution in [3.8, 4) is 0 Å². The van der Waals surface area contributed by atoms with Crippen LogP contribution in [0.2, 0.25) is 0 Å². The largest absolute Gasteiger partial charge is 0.399 e. The highest BCUT2D eigenvalue weighted by Crippen LogP contribution is 2.28. The summed E-state index contributed by atoms with van der Waals surface area (Å²) in [5.41, 5.74) is 8.12. The van der Waals surface area contributed by atoms with Crippen LogP contribution in [0, 0.1) is 0 Å². The summed E-state index contributed by atoms with van der Waals surface area (Å²) in [6, 6.07) is 15.1. The number of rotatable bonds is 4. The van der Waals surface area contributed by atoms with Crippen molar-refractivity contribution in [2.45, 2.75) is 11.1 Å². The molecule has 1 heterocycles. The maximum atomic E-state index is 10.2. The number of nitrogens with zero attached hydrogens (tertiary/aromatic N) is 2. The molecule has 0 spiro atoms. The first kappa shape index (κ1) is 13.9. The molecule has 1 unspecified atom stereocenters. The van der Waals surface area contributed by atoms with Crippen molar-refractivity contribution in [3.05, 3.63) is 60.4 Å². The van der Waals surface area contributed by atoms with E-state index in [0.29, 0.717) is 11.4 Å². The number of hydrogen-bond acceptors (Lipinski definition) is 5. The molecule has 0 aliphatic rings. The van der Waals surface area contributed by atoms with Crippen LogP contribution in [0.25, 0.3) is 10.9 Å². The zero-order valence-corrected chi connectivity index (χ0v) is 12.1. The fourth-order valence-corrected chi connectivity index (χ4v) is 3.03. The minimum Gasteiger partial charge on any atom is -0.399 e. The van der Waals surface area contributed by atoms with Gasteiger partial charge in [0.05, 0.1) is 11.6 Å². The zero-order valence-electron chi connectivity index (χ0n) is 11.3. The highest BCUT2D eigenvalue weighted by molar-refractivity contribution is 7.99. The van der Waals surface area contributed by atoms with Gasteiger partial charge in [0, 0.05) is 16.8 Å². The summed E-state index contributed by atoms with van der Waals surface area (Å²) < 4.78 is 0. The third kappa shape index (κ3) is 3.15. The molecule has 3 rings (SSSR count). The normalized spacial score (nSPS) is 12.4. The fourth-order valence-electron chi connectivity index (χ4n) is 2.07. The number of anilines is 1. The van der Waals surface area contributed by atoms with Crippen molar-refractivity contribution in [2.24, 2.45) is 0 Å². The van der Waals surface area contributed by atoms with Crippen molar-refractivity contribution >= 4 is 28.4 Å². The Morgan fingerprint density at radius 1 is 1.05 bits per heavy atom. The summed E-state index contributed by atoms with van der Waals surface area (Å²) in [7, 11) is 0. The van der Waals surface area contributed by atoms with Gasteiger partial charge in [-0.15, -0.1) is 11.8 Å². The Balaban J connectivity index is 1.76. The molecule has 0 aliphatic carbocycles. The smallest absolute Gasteiger partial charge is 0.117 e. The molecule has 5 heteroatoms. The molecule has 1 atom stereocenters. The second-order valence-corrected chi connectivity index (χ2v) is 5.70. The number of aromatic nitrogens is 2. The summed E-state index contributed by atoms with van der Waals surface area (Å²) in [4.78, 5) is 8.54. The van der Waals surface area contributed by atoms with E-state index in [1.54, 1.807) is 18.5 Å². The maximum Gasteiger partial charge on any atom is 0.117 e. The minimum atomic E-state index is -0.552. The second-order valence-electron chi connectivity index (χ2n) is 4.69. The first-order valence-corrected chi connectivity index (χ1v) is 7.58. The molecule has 2 aromatic carbocycles. The predicted molar refractivity (Wildman–Crippen MR) is 86.1 cm³/mol. The lowest BCUT2D eigenvalue weighted by Gasteiger charge is -2.11. The zero-order chi connectivity index (χ0) is 14.7. The molecule has 0 saturated heterocycles. The molecule has 0 fully saturated rings. The monoisotopic (exact) mass is 297 g/mol. The quantitative estimate of drug-likeness (QED) is 0.440. The van der Waals surface area contributed by atoms with Crippen LogP contribution in [0.4, 0.5) is 5.69 Å². The van der Waals surface area contributed by atoms with E-state index in [2.05, 4.69) is 9.97 Å². The van der Waals surface area contributed by atoms with Crippen LogP contribution in [0.3, 0.4) is 0 Å². The average molecular weight is 297 g/mol. The highest BCUT2D eigenvalue weighted by atomic mass is 32.2. The summed E-state index contributed by atoms with van der Waals surface area (Å²) in [6.07, 6.45) is 1.00. The van der Waals surface area contributed by atoms with Crippen LogP contribution >= 0.6 is 11.8 Å². The maximum absolute atomic E-state index is 10.2. The van der Waals surface area contributed by atoms with Gasteiger partial charge in [-0.05, 0) is 23.8 Å². The average Bonchev–Trinajstić information content (AvgIpc) is 2.53. The van der Waals surface area contributed by atoms with Gasteiger partial charge in [0.1, 0.15) is 11.4 Å². The third-order valence-electron chi connectivity index (χ3n) is 3.21. The Hall–Kier alpha value is -2.11. The number of aliphatic hydroxyl groups is 1. The number of nitrogens with two attached hydrogens (primary N) is 1. The number of fused-ring (bicyclic) bond motifs is 1. The minimum absolute atomic E-state index is 0.533. The van der Waals surface area contributed by atoms with E-state index in [0.717, 1.165) is 21.5 Å². The third-order valence-corrected chi connectivity index (χ3v) is 4.29. The number of nitrogen functional groups attached to an aromatic ring is 1. The van der Waals surface area contributed by atoms with Gasteiger partial charge < -0.3 is 10.8 Å². The summed E-state index contributed by atoms with van der Waals surface area (Å²) >= 11 is 1.52. The van der Waals surface area contributed by atoms with Crippen LogP contribution < -0.4 is 5.73 Å². The van der Waals surface area contributed by atoms with Gasteiger partial charge in [-0.25, -0.2) is 9.97 Å². The van der Waals surface area contributed by atoms with Gasteiger partial charge >= 0.3 is 0 Å². The molecule has 0 amide bonds. The SMILES string of the molecule is Nc1ccc(C(O)CSc2ncnc3ccccc23)cc1. The lowest BCUT2D eigenvalue weighted by atomic mass is 10.1. The van der Waals surface area contributed by atoms with Gasteiger partial charge in [-0.1, -0.05) is 30.3 Å². The molecular weight excluding hydrogens is 282 g/mol. The van der Waals surface area contributed by atoms with E-state index in [9.17, 15) is 5.11 Å².